The van der Waals surface area contributed by atoms with Gasteiger partial charge in [0.1, 0.15) is 5.75 Å². The summed E-state index contributed by atoms with van der Waals surface area (Å²) in [6.07, 6.45) is 0. The zero-order valence-electron chi connectivity index (χ0n) is 13.0. The lowest BCUT2D eigenvalue weighted by Gasteiger charge is -2.25. The Morgan fingerprint density at radius 2 is 1.76 bits per heavy atom. The Kier molecular flexibility index (Phi) is 5.23. The largest absolute Gasteiger partial charge is 0.494 e. The number of aryl methyl sites for hydroxylation is 1. The van der Waals surface area contributed by atoms with Gasteiger partial charge in [0, 0.05) is 24.8 Å². The van der Waals surface area contributed by atoms with Gasteiger partial charge in [0.15, 0.2) is 0 Å². The maximum Gasteiger partial charge on any atom is 0.124 e. The lowest BCUT2D eigenvalue weighted by Crippen LogP contribution is -2.29. The first-order valence-corrected chi connectivity index (χ1v) is 7.37. The molecule has 2 N–H and O–H groups in total. The minimum absolute atomic E-state index is 0.0842. The maximum absolute atomic E-state index is 6.37. The molecule has 2 aromatic rings. The van der Waals surface area contributed by atoms with Crippen molar-refractivity contribution in [1.82, 2.24) is 0 Å². The van der Waals surface area contributed by atoms with Crippen LogP contribution in [0.15, 0.2) is 48.5 Å². The quantitative estimate of drug-likeness (QED) is 0.882. The molecule has 0 spiro atoms. The summed E-state index contributed by atoms with van der Waals surface area (Å²) >= 11 is 0. The minimum Gasteiger partial charge on any atom is -0.494 e. The normalized spacial score (nSPS) is 12.0. The van der Waals surface area contributed by atoms with Gasteiger partial charge in [0.25, 0.3) is 0 Å². The molecule has 2 aromatic carbocycles. The molecular weight excluding hydrogens is 260 g/mol. The van der Waals surface area contributed by atoms with E-state index < -0.39 is 0 Å². The van der Waals surface area contributed by atoms with E-state index in [4.69, 9.17) is 10.5 Å². The van der Waals surface area contributed by atoms with E-state index in [-0.39, 0.29) is 6.04 Å². The molecule has 1 unspecified atom stereocenters. The number of likely N-dealkylation sites (N-methyl/N-ethyl adjacent to an activating group) is 1. The molecule has 1 atom stereocenters. The van der Waals surface area contributed by atoms with Crippen molar-refractivity contribution in [1.29, 1.82) is 0 Å². The van der Waals surface area contributed by atoms with Gasteiger partial charge in [-0.2, -0.15) is 0 Å². The number of nitrogens with zero attached hydrogens (tertiary/aromatic N) is 1. The lowest BCUT2D eigenvalue weighted by atomic mass is 10.1. The van der Waals surface area contributed by atoms with E-state index in [0.29, 0.717) is 6.61 Å². The van der Waals surface area contributed by atoms with Crippen molar-refractivity contribution in [3.05, 3.63) is 59.7 Å². The highest BCUT2D eigenvalue weighted by Gasteiger charge is 2.14. The fourth-order valence-electron chi connectivity index (χ4n) is 2.37. The molecule has 2 rings (SSSR count). The average Bonchev–Trinajstić information content (AvgIpc) is 2.48. The van der Waals surface area contributed by atoms with Gasteiger partial charge in [-0.15, -0.1) is 0 Å². The first-order chi connectivity index (χ1) is 10.1. The number of ether oxygens (including phenoxy) is 1. The highest BCUT2D eigenvalue weighted by molar-refractivity contribution is 5.47. The molecule has 0 saturated carbocycles. The summed E-state index contributed by atoms with van der Waals surface area (Å²) in [5, 5.41) is 0. The number of para-hydroxylation sites is 1. The van der Waals surface area contributed by atoms with Crippen molar-refractivity contribution in [3.63, 3.8) is 0 Å². The molecule has 0 bridgehead atoms. The molecule has 0 saturated heterocycles. The van der Waals surface area contributed by atoms with Gasteiger partial charge in [-0.25, -0.2) is 0 Å². The van der Waals surface area contributed by atoms with Crippen LogP contribution in [0.4, 0.5) is 5.69 Å². The van der Waals surface area contributed by atoms with Crippen LogP contribution in [0, 0.1) is 6.92 Å². The molecule has 0 aliphatic heterocycles. The van der Waals surface area contributed by atoms with Gasteiger partial charge in [-0.3, -0.25) is 0 Å². The Balaban J connectivity index is 2.10. The summed E-state index contributed by atoms with van der Waals surface area (Å²) in [5.41, 5.74) is 9.86. The van der Waals surface area contributed by atoms with Crippen molar-refractivity contribution in [3.8, 4) is 5.75 Å². The van der Waals surface area contributed by atoms with Crippen molar-refractivity contribution < 1.29 is 4.74 Å². The molecule has 0 fully saturated rings. The molecule has 0 amide bonds. The second-order valence-corrected chi connectivity index (χ2v) is 5.29. The standard InChI is InChI=1S/C18H24N2O/c1-4-21-18-8-6-5-7-16(18)17(19)13-20(3)15-11-9-14(2)10-12-15/h5-12,17H,4,13,19H2,1-3H3. The van der Waals surface area contributed by atoms with Crippen LogP contribution in [0.2, 0.25) is 0 Å². The van der Waals surface area contributed by atoms with Gasteiger partial charge in [-0.1, -0.05) is 35.9 Å². The molecule has 3 heteroatoms. The topological polar surface area (TPSA) is 38.5 Å². The number of nitrogens with two attached hydrogens (primary N) is 1. The van der Waals surface area contributed by atoms with Crippen molar-refractivity contribution in [2.75, 3.05) is 25.1 Å². The van der Waals surface area contributed by atoms with E-state index in [1.165, 1.54) is 11.3 Å². The molecule has 112 valence electrons. The summed E-state index contributed by atoms with van der Waals surface area (Å²) in [5.74, 6) is 0.879. The number of rotatable bonds is 6. The third-order valence-corrected chi connectivity index (χ3v) is 3.56. The van der Waals surface area contributed by atoms with Gasteiger partial charge in [0.05, 0.1) is 12.6 Å². The SMILES string of the molecule is CCOc1ccccc1C(N)CN(C)c1ccc(C)cc1. The second kappa shape index (κ2) is 7.14. The summed E-state index contributed by atoms with van der Waals surface area (Å²) in [4.78, 5) is 2.17. The molecule has 0 radical (unpaired) electrons. The monoisotopic (exact) mass is 284 g/mol. The first-order valence-electron chi connectivity index (χ1n) is 7.37. The molecule has 0 aliphatic rings. The molecular formula is C18H24N2O. The highest BCUT2D eigenvalue weighted by Crippen LogP contribution is 2.25. The lowest BCUT2D eigenvalue weighted by molar-refractivity contribution is 0.334. The minimum atomic E-state index is -0.0842. The molecule has 0 aliphatic carbocycles. The highest BCUT2D eigenvalue weighted by atomic mass is 16.5. The number of hydrogen-bond acceptors (Lipinski definition) is 3. The summed E-state index contributed by atoms with van der Waals surface area (Å²) in [6.45, 7) is 5.47. The van der Waals surface area contributed by atoms with Gasteiger partial charge < -0.3 is 15.4 Å². The van der Waals surface area contributed by atoms with E-state index in [1.807, 2.05) is 31.2 Å². The van der Waals surface area contributed by atoms with Crippen LogP contribution in [0.3, 0.4) is 0 Å². The van der Waals surface area contributed by atoms with Crippen LogP contribution in [0.25, 0.3) is 0 Å². The number of benzene rings is 2. The summed E-state index contributed by atoms with van der Waals surface area (Å²) in [7, 11) is 2.06. The second-order valence-electron chi connectivity index (χ2n) is 5.29. The van der Waals surface area contributed by atoms with E-state index in [0.717, 1.165) is 17.9 Å². The van der Waals surface area contributed by atoms with Crippen LogP contribution in [0.5, 0.6) is 5.75 Å². The number of hydrogen-bond donors (Lipinski definition) is 1. The van der Waals surface area contributed by atoms with Crippen LogP contribution < -0.4 is 15.4 Å². The maximum atomic E-state index is 6.37. The Morgan fingerprint density at radius 1 is 1.10 bits per heavy atom. The van der Waals surface area contributed by atoms with Crippen molar-refractivity contribution >= 4 is 5.69 Å². The van der Waals surface area contributed by atoms with Crippen molar-refractivity contribution in [2.24, 2.45) is 5.73 Å². The molecule has 3 nitrogen and oxygen atoms in total. The Morgan fingerprint density at radius 3 is 2.43 bits per heavy atom. The van der Waals surface area contributed by atoms with Crippen molar-refractivity contribution in [2.45, 2.75) is 19.9 Å². The van der Waals surface area contributed by atoms with Gasteiger partial charge in [0.2, 0.25) is 0 Å². The fraction of sp³-hybridized carbons (Fsp3) is 0.333. The van der Waals surface area contributed by atoms with Gasteiger partial charge in [-0.05, 0) is 32.0 Å². The van der Waals surface area contributed by atoms with Gasteiger partial charge >= 0.3 is 0 Å². The predicted octanol–water partition coefficient (Wildman–Crippen LogP) is 3.53. The third kappa shape index (κ3) is 3.99. The van der Waals surface area contributed by atoms with Crippen LogP contribution in [0.1, 0.15) is 24.1 Å². The summed E-state index contributed by atoms with van der Waals surface area (Å²) < 4.78 is 5.66. The van der Waals surface area contributed by atoms with E-state index in [2.05, 4.69) is 43.1 Å². The Hall–Kier alpha value is -2.00. The third-order valence-electron chi connectivity index (χ3n) is 3.56. The summed E-state index contributed by atoms with van der Waals surface area (Å²) in [6, 6.07) is 16.4. The molecule has 21 heavy (non-hydrogen) atoms. The molecule has 0 heterocycles. The zero-order valence-corrected chi connectivity index (χ0v) is 13.0. The van der Waals surface area contributed by atoms with E-state index in [1.54, 1.807) is 0 Å². The van der Waals surface area contributed by atoms with E-state index >= 15 is 0 Å². The zero-order chi connectivity index (χ0) is 15.2. The number of anilines is 1. The molecule has 0 aromatic heterocycles. The Bertz CT molecular complexity index is 566. The predicted molar refractivity (Wildman–Crippen MR) is 89.0 cm³/mol. The van der Waals surface area contributed by atoms with Crippen LogP contribution >= 0.6 is 0 Å². The van der Waals surface area contributed by atoms with Crippen LogP contribution in [-0.4, -0.2) is 20.2 Å². The average molecular weight is 284 g/mol. The fourth-order valence-corrected chi connectivity index (χ4v) is 2.37. The first kappa shape index (κ1) is 15.4. The smallest absolute Gasteiger partial charge is 0.124 e. The van der Waals surface area contributed by atoms with E-state index in [9.17, 15) is 0 Å². The Labute approximate surface area is 127 Å². The van der Waals surface area contributed by atoms with Crippen LogP contribution in [-0.2, 0) is 0 Å².